The molecule has 0 aromatic heterocycles. The summed E-state index contributed by atoms with van der Waals surface area (Å²) in [5, 5.41) is 3.26. The maximum Gasteiger partial charge on any atom is 0.256 e. The fourth-order valence-corrected chi connectivity index (χ4v) is 1.65. The molecule has 18 heavy (non-hydrogen) atoms. The molecule has 1 saturated carbocycles. The summed E-state index contributed by atoms with van der Waals surface area (Å²) < 4.78 is 0. The van der Waals surface area contributed by atoms with Gasteiger partial charge < -0.3 is 5.32 Å². The second-order valence-electron chi connectivity index (χ2n) is 4.13. The van der Waals surface area contributed by atoms with E-state index in [0.29, 0.717) is 5.11 Å². The molecule has 0 unspecified atom stereocenters. The number of rotatable bonds is 2. The first-order valence-corrected chi connectivity index (χ1v) is 5.97. The molecule has 92 valence electrons. The molecule has 2 rings (SSSR count). The molecule has 5 heteroatoms. The van der Waals surface area contributed by atoms with Crippen molar-refractivity contribution >= 4 is 28.9 Å². The van der Waals surface area contributed by atoms with Gasteiger partial charge in [0.1, 0.15) is 5.41 Å². The molecule has 3 N–H and O–H groups in total. The molecule has 1 aromatic carbocycles. The van der Waals surface area contributed by atoms with Crippen LogP contribution in [0.5, 0.6) is 0 Å². The van der Waals surface area contributed by atoms with Crippen molar-refractivity contribution in [1.29, 1.82) is 0 Å². The maximum absolute atomic E-state index is 11.7. The normalized spacial score (nSPS) is 15.1. The third kappa shape index (κ3) is 2.79. The van der Waals surface area contributed by atoms with Crippen molar-refractivity contribution < 1.29 is 4.79 Å². The number of carbonyl (C=O) groups excluding carboxylic acids is 1. The van der Waals surface area contributed by atoms with E-state index in [2.05, 4.69) is 22.1 Å². The Morgan fingerprint density at radius 3 is 2.50 bits per heavy atom. The van der Waals surface area contributed by atoms with Crippen molar-refractivity contribution in [2.45, 2.75) is 12.8 Å². The molecular formula is C13H13N3OS. The van der Waals surface area contributed by atoms with E-state index in [0.717, 1.165) is 18.5 Å². The van der Waals surface area contributed by atoms with E-state index in [1.54, 1.807) is 0 Å². The molecule has 0 spiro atoms. The van der Waals surface area contributed by atoms with Gasteiger partial charge in [0.25, 0.3) is 5.91 Å². The number of thiocarbonyl (C=S) groups is 1. The standard InChI is InChI=1S/C13H13N3OS/c1-2-13(8-9-13)11(17)15-16-12(18)14-10-6-4-3-5-7-10/h1,3-7H,8-9H2,(H,15,17)(H2,14,16,18). The van der Waals surface area contributed by atoms with Crippen LogP contribution in [0.25, 0.3) is 0 Å². The summed E-state index contributed by atoms with van der Waals surface area (Å²) in [5.41, 5.74) is 5.38. The maximum atomic E-state index is 11.7. The third-order valence-corrected chi connectivity index (χ3v) is 2.99. The Balaban J connectivity index is 1.79. The van der Waals surface area contributed by atoms with E-state index in [4.69, 9.17) is 18.6 Å². The summed E-state index contributed by atoms with van der Waals surface area (Å²) in [7, 11) is 0. The van der Waals surface area contributed by atoms with Crippen molar-refractivity contribution in [2.24, 2.45) is 5.41 Å². The van der Waals surface area contributed by atoms with Gasteiger partial charge in [0.15, 0.2) is 5.11 Å². The number of hydrogen-bond acceptors (Lipinski definition) is 2. The Morgan fingerprint density at radius 2 is 1.94 bits per heavy atom. The van der Waals surface area contributed by atoms with Crippen LogP contribution in [0.2, 0.25) is 0 Å². The molecule has 1 aliphatic carbocycles. The Hall–Kier alpha value is -2.06. The van der Waals surface area contributed by atoms with Crippen molar-refractivity contribution in [1.82, 2.24) is 10.9 Å². The molecule has 0 bridgehead atoms. The number of anilines is 1. The number of para-hydroxylation sites is 1. The number of nitrogens with one attached hydrogen (secondary N) is 3. The van der Waals surface area contributed by atoms with Gasteiger partial charge in [-0.1, -0.05) is 24.1 Å². The quantitative estimate of drug-likeness (QED) is 0.427. The highest BCUT2D eigenvalue weighted by Gasteiger charge is 2.48. The van der Waals surface area contributed by atoms with Gasteiger partial charge in [-0.25, -0.2) is 0 Å². The first-order chi connectivity index (χ1) is 8.66. The topological polar surface area (TPSA) is 53.2 Å². The fourth-order valence-electron chi connectivity index (χ4n) is 1.48. The van der Waals surface area contributed by atoms with Crippen molar-refractivity contribution in [3.63, 3.8) is 0 Å². The lowest BCUT2D eigenvalue weighted by Gasteiger charge is -2.13. The summed E-state index contributed by atoms with van der Waals surface area (Å²) in [6.07, 6.45) is 6.78. The SMILES string of the molecule is C#CC1(C(=O)NNC(=S)Nc2ccccc2)CC1. The number of terminal acetylenes is 1. The van der Waals surface area contributed by atoms with Gasteiger partial charge in [-0.05, 0) is 37.2 Å². The van der Waals surface area contributed by atoms with Crippen molar-refractivity contribution in [3.8, 4) is 12.3 Å². The van der Waals surface area contributed by atoms with Crippen LogP contribution in [0.1, 0.15) is 12.8 Å². The molecule has 1 aliphatic rings. The van der Waals surface area contributed by atoms with E-state index >= 15 is 0 Å². The molecule has 1 aromatic rings. The average Bonchev–Trinajstić information content (AvgIpc) is 3.18. The van der Waals surface area contributed by atoms with E-state index in [9.17, 15) is 4.79 Å². The molecule has 1 fully saturated rings. The van der Waals surface area contributed by atoms with E-state index in [1.165, 1.54) is 0 Å². The van der Waals surface area contributed by atoms with E-state index in [-0.39, 0.29) is 5.91 Å². The minimum Gasteiger partial charge on any atom is -0.331 e. The van der Waals surface area contributed by atoms with Crippen LogP contribution in [0.4, 0.5) is 5.69 Å². The highest BCUT2D eigenvalue weighted by atomic mass is 32.1. The molecule has 0 atom stereocenters. The molecule has 1 amide bonds. The van der Waals surface area contributed by atoms with Crippen molar-refractivity contribution in [3.05, 3.63) is 30.3 Å². The third-order valence-electron chi connectivity index (χ3n) is 2.78. The van der Waals surface area contributed by atoms with Gasteiger partial charge in [-0.3, -0.25) is 15.6 Å². The van der Waals surface area contributed by atoms with Gasteiger partial charge in [0, 0.05) is 5.69 Å². The lowest BCUT2D eigenvalue weighted by molar-refractivity contribution is -0.124. The Labute approximate surface area is 111 Å². The Bertz CT molecular complexity index is 503. The second-order valence-corrected chi connectivity index (χ2v) is 4.53. The number of amides is 1. The number of benzene rings is 1. The van der Waals surface area contributed by atoms with E-state index in [1.807, 2.05) is 30.3 Å². The summed E-state index contributed by atoms with van der Waals surface area (Å²) in [6, 6.07) is 9.44. The summed E-state index contributed by atoms with van der Waals surface area (Å²) in [4.78, 5) is 11.7. The first-order valence-electron chi connectivity index (χ1n) is 5.56. The summed E-state index contributed by atoms with van der Waals surface area (Å²) in [6.45, 7) is 0. The van der Waals surface area contributed by atoms with Crippen LogP contribution in [0.15, 0.2) is 30.3 Å². The van der Waals surface area contributed by atoms with Crippen LogP contribution in [0, 0.1) is 17.8 Å². The largest absolute Gasteiger partial charge is 0.331 e. The predicted octanol–water partition coefficient (Wildman–Crippen LogP) is 1.42. The minimum absolute atomic E-state index is 0.206. The van der Waals surface area contributed by atoms with Gasteiger partial charge in [0.2, 0.25) is 0 Å². The molecule has 0 heterocycles. The highest BCUT2D eigenvalue weighted by Crippen LogP contribution is 2.44. The number of carbonyl (C=O) groups is 1. The fraction of sp³-hybridized carbons (Fsp3) is 0.231. The molecule has 0 aliphatic heterocycles. The van der Waals surface area contributed by atoms with Gasteiger partial charge in [0.05, 0.1) is 0 Å². The van der Waals surface area contributed by atoms with Gasteiger partial charge in [-0.2, -0.15) is 0 Å². The molecule has 0 radical (unpaired) electrons. The lowest BCUT2D eigenvalue weighted by atomic mass is 10.1. The molecule has 4 nitrogen and oxygen atoms in total. The van der Waals surface area contributed by atoms with Crippen LogP contribution in [-0.2, 0) is 4.79 Å². The summed E-state index contributed by atoms with van der Waals surface area (Å²) in [5.74, 6) is 2.30. The van der Waals surface area contributed by atoms with Gasteiger partial charge in [-0.15, -0.1) is 6.42 Å². The van der Waals surface area contributed by atoms with Crippen molar-refractivity contribution in [2.75, 3.05) is 5.32 Å². The monoisotopic (exact) mass is 259 g/mol. The number of hydrogen-bond donors (Lipinski definition) is 3. The first kappa shape index (κ1) is 12.4. The zero-order valence-electron chi connectivity index (χ0n) is 9.69. The Morgan fingerprint density at radius 1 is 1.28 bits per heavy atom. The predicted molar refractivity (Wildman–Crippen MR) is 74.4 cm³/mol. The average molecular weight is 259 g/mol. The second kappa shape index (κ2) is 5.07. The van der Waals surface area contributed by atoms with Gasteiger partial charge >= 0.3 is 0 Å². The van der Waals surface area contributed by atoms with Crippen LogP contribution >= 0.6 is 12.2 Å². The van der Waals surface area contributed by atoms with Crippen LogP contribution in [0.3, 0.4) is 0 Å². The number of hydrazine groups is 1. The highest BCUT2D eigenvalue weighted by molar-refractivity contribution is 7.80. The Kier molecular flexibility index (Phi) is 3.49. The van der Waals surface area contributed by atoms with Crippen LogP contribution in [-0.4, -0.2) is 11.0 Å². The zero-order valence-corrected chi connectivity index (χ0v) is 10.5. The smallest absolute Gasteiger partial charge is 0.256 e. The summed E-state index contributed by atoms with van der Waals surface area (Å²) >= 11 is 5.05. The molecular weight excluding hydrogens is 246 g/mol. The minimum atomic E-state index is -0.630. The molecule has 0 saturated heterocycles. The lowest BCUT2D eigenvalue weighted by Crippen LogP contribution is -2.46. The van der Waals surface area contributed by atoms with E-state index < -0.39 is 5.41 Å². The van der Waals surface area contributed by atoms with Crippen LogP contribution < -0.4 is 16.2 Å². The zero-order chi connectivity index (χ0) is 13.0.